The molecule has 0 bridgehead atoms. The predicted molar refractivity (Wildman–Crippen MR) is 62.5 cm³/mol. The number of hydrogen-bond acceptors (Lipinski definition) is 4. The molecule has 0 aliphatic heterocycles. The first-order valence-corrected chi connectivity index (χ1v) is 5.59. The Morgan fingerprint density at radius 1 is 1.50 bits per heavy atom. The summed E-state index contributed by atoms with van der Waals surface area (Å²) in [6.07, 6.45) is 1.36. The van der Waals surface area contributed by atoms with Crippen LogP contribution in [0.4, 0.5) is 0 Å². The minimum atomic E-state index is -0.241. The molecule has 0 saturated carbocycles. The van der Waals surface area contributed by atoms with Gasteiger partial charge in [-0.3, -0.25) is 4.79 Å². The molecule has 5 heteroatoms. The summed E-state index contributed by atoms with van der Waals surface area (Å²) in [5, 5.41) is 12.7. The average Bonchev–Trinajstić information content (AvgIpc) is 2.20. The topological polar surface area (TPSA) is 78.0 Å². The van der Waals surface area contributed by atoms with Crippen molar-refractivity contribution in [3.8, 4) is 5.88 Å². The monoisotopic (exact) mass is 225 g/mol. The molecule has 0 atom stereocenters. The molecule has 3 N–H and O–H groups in total. The molecular weight excluding hydrogens is 206 g/mol. The van der Waals surface area contributed by atoms with Crippen LogP contribution in [0.15, 0.2) is 4.79 Å². The van der Waals surface area contributed by atoms with Gasteiger partial charge in [0, 0.05) is 6.04 Å². The van der Waals surface area contributed by atoms with Crippen LogP contribution in [-0.2, 0) is 13.0 Å². The third-order valence-corrected chi connectivity index (χ3v) is 2.22. The molecule has 0 aromatic carbocycles. The number of aromatic hydroxyl groups is 1. The molecule has 0 aliphatic carbocycles. The van der Waals surface area contributed by atoms with Gasteiger partial charge in [-0.25, -0.2) is 0 Å². The van der Waals surface area contributed by atoms with Crippen molar-refractivity contribution in [3.05, 3.63) is 21.7 Å². The van der Waals surface area contributed by atoms with E-state index in [9.17, 15) is 9.90 Å². The van der Waals surface area contributed by atoms with Gasteiger partial charge in [-0.15, -0.1) is 0 Å². The second-order valence-corrected chi connectivity index (χ2v) is 4.10. The minimum Gasteiger partial charge on any atom is -0.493 e. The third kappa shape index (κ3) is 3.34. The standard InChI is InChI=1S/C11H19N3O2/c1-4-5-8-10(15)13-9(14-11(8)16)6-12-7(2)3/h7,12H,4-6H2,1-3H3,(H2,13,14,15,16). The first-order chi connectivity index (χ1) is 7.54. The van der Waals surface area contributed by atoms with Crippen LogP contribution in [0.25, 0.3) is 0 Å². The summed E-state index contributed by atoms with van der Waals surface area (Å²) in [5.41, 5.74) is 0.130. The summed E-state index contributed by atoms with van der Waals surface area (Å²) in [6.45, 7) is 6.41. The van der Waals surface area contributed by atoms with Crippen molar-refractivity contribution in [2.24, 2.45) is 0 Å². The van der Waals surface area contributed by atoms with E-state index in [2.05, 4.69) is 15.3 Å². The van der Waals surface area contributed by atoms with E-state index in [0.717, 1.165) is 6.42 Å². The van der Waals surface area contributed by atoms with E-state index >= 15 is 0 Å². The molecule has 0 fully saturated rings. The minimum absolute atomic E-state index is 0.147. The highest BCUT2D eigenvalue weighted by atomic mass is 16.3. The molecule has 16 heavy (non-hydrogen) atoms. The fourth-order valence-corrected chi connectivity index (χ4v) is 1.39. The lowest BCUT2D eigenvalue weighted by Gasteiger charge is -2.08. The molecular formula is C11H19N3O2. The van der Waals surface area contributed by atoms with Gasteiger partial charge in [-0.1, -0.05) is 27.2 Å². The quantitative estimate of drug-likeness (QED) is 0.696. The smallest absolute Gasteiger partial charge is 0.257 e. The Hall–Kier alpha value is -1.36. The molecule has 1 aromatic rings. The zero-order valence-corrected chi connectivity index (χ0v) is 10.0. The number of aromatic nitrogens is 2. The van der Waals surface area contributed by atoms with Crippen LogP contribution in [-0.4, -0.2) is 21.1 Å². The Labute approximate surface area is 94.9 Å². The number of nitrogens with one attached hydrogen (secondary N) is 2. The van der Waals surface area contributed by atoms with Crippen LogP contribution in [0.1, 0.15) is 38.6 Å². The van der Waals surface area contributed by atoms with E-state index in [0.29, 0.717) is 30.4 Å². The molecule has 0 radical (unpaired) electrons. The number of hydrogen-bond donors (Lipinski definition) is 3. The largest absolute Gasteiger partial charge is 0.493 e. The Bertz CT molecular complexity index is 399. The van der Waals surface area contributed by atoms with Gasteiger partial charge in [-0.2, -0.15) is 4.98 Å². The van der Waals surface area contributed by atoms with Gasteiger partial charge in [0.1, 0.15) is 5.82 Å². The molecule has 0 spiro atoms. The number of aromatic amines is 1. The maximum atomic E-state index is 11.6. The lowest BCUT2D eigenvalue weighted by Crippen LogP contribution is -2.26. The van der Waals surface area contributed by atoms with Crippen LogP contribution < -0.4 is 10.9 Å². The molecule has 1 heterocycles. The molecule has 0 amide bonds. The van der Waals surface area contributed by atoms with Crippen molar-refractivity contribution in [2.75, 3.05) is 0 Å². The van der Waals surface area contributed by atoms with Crippen molar-refractivity contribution >= 4 is 0 Å². The SMILES string of the molecule is CCCc1c(O)nc(CNC(C)C)[nH]c1=O. The third-order valence-electron chi connectivity index (χ3n) is 2.22. The van der Waals surface area contributed by atoms with Crippen molar-refractivity contribution < 1.29 is 5.11 Å². The zero-order valence-electron chi connectivity index (χ0n) is 10.0. The molecule has 0 saturated heterocycles. The molecule has 0 aliphatic rings. The van der Waals surface area contributed by atoms with Crippen molar-refractivity contribution in [1.29, 1.82) is 0 Å². The van der Waals surface area contributed by atoms with Gasteiger partial charge in [-0.05, 0) is 6.42 Å². The summed E-state index contributed by atoms with van der Waals surface area (Å²) < 4.78 is 0. The van der Waals surface area contributed by atoms with Gasteiger partial charge >= 0.3 is 0 Å². The maximum absolute atomic E-state index is 11.6. The highest BCUT2D eigenvalue weighted by molar-refractivity contribution is 5.22. The van der Waals surface area contributed by atoms with Crippen molar-refractivity contribution in [3.63, 3.8) is 0 Å². The van der Waals surface area contributed by atoms with E-state index in [4.69, 9.17) is 0 Å². The Morgan fingerprint density at radius 2 is 2.19 bits per heavy atom. The van der Waals surface area contributed by atoms with Gasteiger partial charge in [0.25, 0.3) is 5.56 Å². The van der Waals surface area contributed by atoms with E-state index in [1.165, 1.54) is 0 Å². The first-order valence-electron chi connectivity index (χ1n) is 5.59. The summed E-state index contributed by atoms with van der Waals surface area (Å²) >= 11 is 0. The van der Waals surface area contributed by atoms with E-state index in [1.54, 1.807) is 0 Å². The van der Waals surface area contributed by atoms with Gasteiger partial charge in [0.2, 0.25) is 5.88 Å². The molecule has 1 rings (SSSR count). The van der Waals surface area contributed by atoms with E-state index in [-0.39, 0.29) is 11.4 Å². The summed E-state index contributed by atoms with van der Waals surface area (Å²) in [5.74, 6) is 0.321. The molecule has 0 unspecified atom stereocenters. The number of H-pyrrole nitrogens is 1. The van der Waals surface area contributed by atoms with Gasteiger partial charge < -0.3 is 15.4 Å². The number of nitrogens with zero attached hydrogens (tertiary/aromatic N) is 1. The second-order valence-electron chi connectivity index (χ2n) is 4.10. The van der Waals surface area contributed by atoms with Crippen LogP contribution in [0, 0.1) is 0 Å². The van der Waals surface area contributed by atoms with Crippen LogP contribution in [0.3, 0.4) is 0 Å². The molecule has 90 valence electrons. The molecule has 5 nitrogen and oxygen atoms in total. The summed E-state index contributed by atoms with van der Waals surface area (Å²) in [4.78, 5) is 18.2. The van der Waals surface area contributed by atoms with Crippen LogP contribution in [0.5, 0.6) is 5.88 Å². The Morgan fingerprint density at radius 3 is 2.69 bits per heavy atom. The van der Waals surface area contributed by atoms with E-state index < -0.39 is 0 Å². The fraction of sp³-hybridized carbons (Fsp3) is 0.636. The normalized spacial score (nSPS) is 11.0. The summed E-state index contributed by atoms with van der Waals surface area (Å²) in [6, 6.07) is 0.308. The highest BCUT2D eigenvalue weighted by Gasteiger charge is 2.09. The van der Waals surface area contributed by atoms with Crippen LogP contribution >= 0.6 is 0 Å². The maximum Gasteiger partial charge on any atom is 0.257 e. The zero-order chi connectivity index (χ0) is 12.1. The highest BCUT2D eigenvalue weighted by Crippen LogP contribution is 2.10. The fourth-order valence-electron chi connectivity index (χ4n) is 1.39. The Kier molecular flexibility index (Phi) is 4.49. The second kappa shape index (κ2) is 5.65. The van der Waals surface area contributed by atoms with E-state index in [1.807, 2.05) is 20.8 Å². The van der Waals surface area contributed by atoms with Gasteiger partial charge in [0.15, 0.2) is 0 Å². The summed E-state index contributed by atoms with van der Waals surface area (Å²) in [7, 11) is 0. The van der Waals surface area contributed by atoms with Gasteiger partial charge in [0.05, 0.1) is 12.1 Å². The number of rotatable bonds is 5. The average molecular weight is 225 g/mol. The lowest BCUT2D eigenvalue weighted by atomic mass is 10.2. The Balaban J connectivity index is 2.87. The first kappa shape index (κ1) is 12.7. The van der Waals surface area contributed by atoms with Crippen molar-refractivity contribution in [1.82, 2.24) is 15.3 Å². The van der Waals surface area contributed by atoms with Crippen LogP contribution in [0.2, 0.25) is 0 Å². The molecule has 1 aromatic heterocycles. The predicted octanol–water partition coefficient (Wildman–Crippen LogP) is 0.926. The lowest BCUT2D eigenvalue weighted by molar-refractivity contribution is 0.435. The van der Waals surface area contributed by atoms with Crippen molar-refractivity contribution in [2.45, 2.75) is 46.2 Å².